The molecule has 108 valence electrons. The van der Waals surface area contributed by atoms with Crippen LogP contribution < -0.4 is 10.1 Å². The molecule has 0 aromatic carbocycles. The van der Waals surface area contributed by atoms with Crippen LogP contribution in [0.1, 0.15) is 34.1 Å². The Balaban J connectivity index is 2.92. The predicted octanol–water partition coefficient (Wildman–Crippen LogP) is 1.95. The van der Waals surface area contributed by atoms with Gasteiger partial charge in [0.2, 0.25) is 11.7 Å². The van der Waals surface area contributed by atoms with Crippen LogP contribution in [0, 0.1) is 5.41 Å². The molecule has 0 aliphatic carbocycles. The van der Waals surface area contributed by atoms with E-state index in [2.05, 4.69) is 10.3 Å². The van der Waals surface area contributed by atoms with Crippen LogP contribution in [-0.4, -0.2) is 22.6 Å². The number of esters is 1. The zero-order chi connectivity index (χ0) is 15.3. The van der Waals surface area contributed by atoms with E-state index in [4.69, 9.17) is 4.74 Å². The van der Waals surface area contributed by atoms with E-state index in [-0.39, 0.29) is 18.1 Å². The van der Waals surface area contributed by atoms with Crippen molar-refractivity contribution < 1.29 is 19.1 Å². The summed E-state index contributed by atoms with van der Waals surface area (Å²) in [6.45, 7) is 6.84. The highest BCUT2D eigenvalue weighted by Crippen LogP contribution is 2.25. The molecule has 6 nitrogen and oxygen atoms in total. The summed E-state index contributed by atoms with van der Waals surface area (Å²) in [5, 5.41) is 2.65. The summed E-state index contributed by atoms with van der Waals surface area (Å²) < 4.78 is 4.95. The lowest BCUT2D eigenvalue weighted by Crippen LogP contribution is -2.28. The molecule has 1 aromatic rings. The number of nitrogens with one attached hydrogen (secondary N) is 1. The molecule has 1 rings (SSSR count). The topological polar surface area (TPSA) is 85.4 Å². The lowest BCUT2D eigenvalue weighted by Gasteiger charge is -2.18. The molecular weight excluding hydrogens is 260 g/mol. The number of carbonyl (C=O) groups excluding carboxylic acids is 3. The first kappa shape index (κ1) is 15.8. The standard InChI is InChI=1S/C14H18N2O4/c1-5-10(17)12(18)20-11-8-15-7-6-9(11)16-13(19)14(2,3)4/h6-8H,5H2,1-4H3,(H,15,16,19). The number of aromatic nitrogens is 1. The minimum atomic E-state index is -0.966. The van der Waals surface area contributed by atoms with Crippen LogP contribution in [0.3, 0.4) is 0 Å². The van der Waals surface area contributed by atoms with E-state index in [1.807, 2.05) is 0 Å². The SMILES string of the molecule is CCC(=O)C(=O)Oc1cnccc1NC(=O)C(C)(C)C. The average molecular weight is 278 g/mol. The van der Waals surface area contributed by atoms with Crippen molar-refractivity contribution in [2.75, 3.05) is 5.32 Å². The predicted molar refractivity (Wildman–Crippen MR) is 73.3 cm³/mol. The van der Waals surface area contributed by atoms with E-state index < -0.39 is 17.2 Å². The Morgan fingerprint density at radius 3 is 2.50 bits per heavy atom. The molecule has 0 aliphatic rings. The van der Waals surface area contributed by atoms with E-state index in [1.165, 1.54) is 18.5 Å². The van der Waals surface area contributed by atoms with Crippen LogP contribution in [0.5, 0.6) is 5.75 Å². The van der Waals surface area contributed by atoms with Gasteiger partial charge in [-0.15, -0.1) is 0 Å². The highest BCUT2D eigenvalue weighted by molar-refractivity contribution is 6.34. The molecule has 0 atom stereocenters. The average Bonchev–Trinajstić information content (AvgIpc) is 2.38. The van der Waals surface area contributed by atoms with Gasteiger partial charge in [0.1, 0.15) is 0 Å². The number of anilines is 1. The Hall–Kier alpha value is -2.24. The molecule has 1 aromatic heterocycles. The number of ketones is 1. The van der Waals surface area contributed by atoms with Crippen LogP contribution in [0.4, 0.5) is 5.69 Å². The van der Waals surface area contributed by atoms with E-state index in [1.54, 1.807) is 27.7 Å². The molecule has 20 heavy (non-hydrogen) atoms. The third kappa shape index (κ3) is 4.15. The molecular formula is C14H18N2O4. The maximum atomic E-state index is 11.9. The molecule has 1 heterocycles. The number of carbonyl (C=O) groups is 3. The van der Waals surface area contributed by atoms with Crippen LogP contribution in [0.2, 0.25) is 0 Å². The molecule has 0 saturated carbocycles. The number of hydrogen-bond donors (Lipinski definition) is 1. The molecule has 0 bridgehead atoms. The zero-order valence-electron chi connectivity index (χ0n) is 12.0. The second-order valence-electron chi connectivity index (χ2n) is 5.24. The van der Waals surface area contributed by atoms with E-state index in [0.29, 0.717) is 5.69 Å². The summed E-state index contributed by atoms with van der Waals surface area (Å²) in [5.74, 6) is -1.78. The fourth-order valence-corrected chi connectivity index (χ4v) is 1.18. The lowest BCUT2D eigenvalue weighted by atomic mass is 9.95. The molecule has 0 saturated heterocycles. The van der Waals surface area contributed by atoms with Gasteiger partial charge in [-0.1, -0.05) is 27.7 Å². The number of nitrogens with zero attached hydrogens (tertiary/aromatic N) is 1. The highest BCUT2D eigenvalue weighted by atomic mass is 16.5. The van der Waals surface area contributed by atoms with E-state index in [9.17, 15) is 14.4 Å². The molecule has 6 heteroatoms. The first-order valence-corrected chi connectivity index (χ1v) is 6.26. The monoisotopic (exact) mass is 278 g/mol. The van der Waals surface area contributed by atoms with Gasteiger partial charge >= 0.3 is 5.97 Å². The number of rotatable bonds is 4. The Morgan fingerprint density at radius 2 is 1.95 bits per heavy atom. The minimum Gasteiger partial charge on any atom is -0.417 e. The third-order valence-corrected chi connectivity index (χ3v) is 2.47. The van der Waals surface area contributed by atoms with Gasteiger partial charge in [-0.2, -0.15) is 0 Å². The summed E-state index contributed by atoms with van der Waals surface area (Å²) in [6, 6.07) is 1.50. The van der Waals surface area contributed by atoms with Gasteiger partial charge < -0.3 is 10.1 Å². The van der Waals surface area contributed by atoms with Gasteiger partial charge in [0.05, 0.1) is 11.9 Å². The minimum absolute atomic E-state index is 0.0527. The lowest BCUT2D eigenvalue weighted by molar-refractivity contribution is -0.146. The Labute approximate surface area is 117 Å². The normalized spacial score (nSPS) is 10.8. The van der Waals surface area contributed by atoms with Crippen molar-refractivity contribution in [1.29, 1.82) is 0 Å². The molecule has 0 aliphatic heterocycles. The van der Waals surface area contributed by atoms with Gasteiger partial charge in [0, 0.05) is 18.0 Å². The van der Waals surface area contributed by atoms with Crippen molar-refractivity contribution in [3.8, 4) is 5.75 Å². The van der Waals surface area contributed by atoms with Crippen LogP contribution >= 0.6 is 0 Å². The third-order valence-electron chi connectivity index (χ3n) is 2.47. The van der Waals surface area contributed by atoms with Gasteiger partial charge in [0.15, 0.2) is 5.75 Å². The second kappa shape index (κ2) is 6.27. The van der Waals surface area contributed by atoms with Gasteiger partial charge in [-0.3, -0.25) is 14.6 Å². The molecule has 1 amide bonds. The fraction of sp³-hybridized carbons (Fsp3) is 0.429. The quantitative estimate of drug-likeness (QED) is 0.672. The zero-order valence-corrected chi connectivity index (χ0v) is 12.0. The summed E-state index contributed by atoms with van der Waals surface area (Å²) in [7, 11) is 0. The molecule has 0 fully saturated rings. The van der Waals surface area contributed by atoms with Crippen molar-refractivity contribution in [2.24, 2.45) is 5.41 Å². The number of hydrogen-bond acceptors (Lipinski definition) is 5. The van der Waals surface area contributed by atoms with Crippen molar-refractivity contribution in [1.82, 2.24) is 4.98 Å². The van der Waals surface area contributed by atoms with Crippen LogP contribution in [-0.2, 0) is 14.4 Å². The maximum Gasteiger partial charge on any atom is 0.380 e. The Morgan fingerprint density at radius 1 is 1.30 bits per heavy atom. The van der Waals surface area contributed by atoms with Crippen molar-refractivity contribution in [2.45, 2.75) is 34.1 Å². The molecule has 0 spiro atoms. The molecule has 0 unspecified atom stereocenters. The number of ether oxygens (including phenoxy) is 1. The summed E-state index contributed by atoms with van der Waals surface area (Å²) in [4.78, 5) is 38.4. The van der Waals surface area contributed by atoms with Gasteiger partial charge in [0.25, 0.3) is 0 Å². The maximum absolute atomic E-state index is 11.9. The Kier molecular flexibility index (Phi) is 4.96. The second-order valence-corrected chi connectivity index (χ2v) is 5.24. The van der Waals surface area contributed by atoms with Crippen LogP contribution in [0.15, 0.2) is 18.5 Å². The van der Waals surface area contributed by atoms with E-state index >= 15 is 0 Å². The molecule has 0 radical (unpaired) electrons. The molecule has 1 N–H and O–H groups in total. The summed E-state index contributed by atoms with van der Waals surface area (Å²) >= 11 is 0. The van der Waals surface area contributed by atoms with Gasteiger partial charge in [-0.05, 0) is 6.07 Å². The van der Waals surface area contributed by atoms with Crippen molar-refractivity contribution in [3.05, 3.63) is 18.5 Å². The fourth-order valence-electron chi connectivity index (χ4n) is 1.18. The van der Waals surface area contributed by atoms with Crippen molar-refractivity contribution in [3.63, 3.8) is 0 Å². The summed E-state index contributed by atoms with van der Waals surface area (Å²) in [5.41, 5.74) is -0.291. The first-order chi connectivity index (χ1) is 9.25. The number of amides is 1. The largest absolute Gasteiger partial charge is 0.417 e. The van der Waals surface area contributed by atoms with Crippen LogP contribution in [0.25, 0.3) is 0 Å². The first-order valence-electron chi connectivity index (χ1n) is 6.26. The van der Waals surface area contributed by atoms with Gasteiger partial charge in [-0.25, -0.2) is 4.79 Å². The van der Waals surface area contributed by atoms with E-state index in [0.717, 1.165) is 0 Å². The van der Waals surface area contributed by atoms with Crippen molar-refractivity contribution >= 4 is 23.3 Å². The smallest absolute Gasteiger partial charge is 0.380 e. The number of Topliss-reactive ketones (excluding diaryl/α,β-unsaturated/α-hetero) is 1. The Bertz CT molecular complexity index is 532. The summed E-state index contributed by atoms with van der Waals surface area (Å²) in [6.07, 6.45) is 2.79. The highest BCUT2D eigenvalue weighted by Gasteiger charge is 2.23. The number of pyridine rings is 1.